The van der Waals surface area contributed by atoms with Gasteiger partial charge < -0.3 is 5.11 Å². The van der Waals surface area contributed by atoms with Crippen LogP contribution in [0.5, 0.6) is 0 Å². The summed E-state index contributed by atoms with van der Waals surface area (Å²) in [5.41, 5.74) is 1.48. The molecule has 0 heterocycles. The van der Waals surface area contributed by atoms with Crippen LogP contribution in [0.1, 0.15) is 58.3 Å². The minimum atomic E-state index is -0.973. The second-order valence-electron chi connectivity index (χ2n) is 8.55. The van der Waals surface area contributed by atoms with Crippen LogP contribution < -0.4 is 0 Å². The van der Waals surface area contributed by atoms with Gasteiger partial charge in [-0.2, -0.15) is 0 Å². The third kappa shape index (κ3) is 1.91. The quantitative estimate of drug-likeness (QED) is 0.583. The summed E-state index contributed by atoms with van der Waals surface area (Å²) < 4.78 is 0. The highest BCUT2D eigenvalue weighted by atomic mass is 16.3. The Kier molecular flexibility index (Phi) is 3.59. The monoisotopic (exact) mass is 324 g/mol. The Morgan fingerprint density at radius 2 is 2.17 bits per heavy atom. The van der Waals surface area contributed by atoms with Gasteiger partial charge in [-0.05, 0) is 74.7 Å². The molecule has 128 valence electrons. The molecular formula is C22H28O2. The molecule has 0 spiro atoms. The molecule has 0 aromatic heterocycles. The summed E-state index contributed by atoms with van der Waals surface area (Å²) >= 11 is 0. The first-order valence-electron chi connectivity index (χ1n) is 9.57. The first-order chi connectivity index (χ1) is 11.5. The summed E-state index contributed by atoms with van der Waals surface area (Å²) in [6, 6.07) is 0. The number of carbonyl (C=O) groups is 1. The number of allylic oxidation sites excluding steroid dienone is 2. The van der Waals surface area contributed by atoms with E-state index in [2.05, 4.69) is 19.4 Å². The Morgan fingerprint density at radius 3 is 2.88 bits per heavy atom. The van der Waals surface area contributed by atoms with Crippen molar-refractivity contribution in [3.63, 3.8) is 0 Å². The molecule has 3 saturated carbocycles. The summed E-state index contributed by atoms with van der Waals surface area (Å²) in [5, 5.41) is 11.2. The van der Waals surface area contributed by atoms with Gasteiger partial charge in [0.15, 0.2) is 5.78 Å². The minimum absolute atomic E-state index is 0.189. The highest BCUT2D eigenvalue weighted by Gasteiger charge is 2.64. The van der Waals surface area contributed by atoms with E-state index in [1.54, 1.807) is 0 Å². The van der Waals surface area contributed by atoms with E-state index in [1.807, 2.05) is 6.08 Å². The third-order valence-corrected chi connectivity index (χ3v) is 7.94. The number of hydrogen-bond acceptors (Lipinski definition) is 2. The van der Waals surface area contributed by atoms with Crippen molar-refractivity contribution in [2.45, 2.75) is 63.9 Å². The maximum Gasteiger partial charge on any atom is 0.155 e. The van der Waals surface area contributed by atoms with Crippen LogP contribution in [0.25, 0.3) is 0 Å². The number of rotatable bonds is 1. The fraction of sp³-hybridized carbons (Fsp3) is 0.682. The lowest BCUT2D eigenvalue weighted by Crippen LogP contribution is -2.54. The summed E-state index contributed by atoms with van der Waals surface area (Å²) in [7, 11) is 0. The molecule has 0 radical (unpaired) electrons. The van der Waals surface area contributed by atoms with Crippen LogP contribution in [-0.2, 0) is 4.79 Å². The number of ketones is 1. The average molecular weight is 324 g/mol. The van der Waals surface area contributed by atoms with Gasteiger partial charge in [-0.15, -0.1) is 6.42 Å². The second kappa shape index (κ2) is 5.33. The highest BCUT2D eigenvalue weighted by molar-refractivity contribution is 5.91. The van der Waals surface area contributed by atoms with E-state index < -0.39 is 5.60 Å². The van der Waals surface area contributed by atoms with Gasteiger partial charge in [-0.3, -0.25) is 4.79 Å². The molecule has 0 unspecified atom stereocenters. The van der Waals surface area contributed by atoms with E-state index in [0.717, 1.165) is 44.9 Å². The molecule has 4 aliphatic rings. The van der Waals surface area contributed by atoms with Crippen LogP contribution >= 0.6 is 0 Å². The molecule has 2 heteroatoms. The van der Waals surface area contributed by atoms with Crippen LogP contribution in [0.2, 0.25) is 0 Å². The minimum Gasteiger partial charge on any atom is -0.377 e. The topological polar surface area (TPSA) is 37.3 Å². The van der Waals surface area contributed by atoms with Gasteiger partial charge >= 0.3 is 0 Å². The Balaban J connectivity index is 1.74. The standard InChI is InChI=1S/C22H28O2/c1-4-21-13-14(3)20-17-9-7-16(23)12-15(17)6-8-18(20)19(21)10-11-22(21,24)5-2/h2,12,17-20,24H,3-4,6-11,13H2,1H3/t17-,18-,19-,20-,21+,22+/m1/s1. The van der Waals surface area contributed by atoms with Gasteiger partial charge in [0.25, 0.3) is 0 Å². The lowest BCUT2D eigenvalue weighted by molar-refractivity contribution is -0.116. The van der Waals surface area contributed by atoms with Crippen molar-refractivity contribution in [1.82, 2.24) is 0 Å². The van der Waals surface area contributed by atoms with Crippen LogP contribution in [0.3, 0.4) is 0 Å². The van der Waals surface area contributed by atoms with E-state index >= 15 is 0 Å². The molecule has 1 N–H and O–H groups in total. The van der Waals surface area contributed by atoms with Crippen molar-refractivity contribution in [2.24, 2.45) is 29.1 Å². The number of fused-ring (bicyclic) bond motifs is 5. The predicted molar refractivity (Wildman–Crippen MR) is 95.0 cm³/mol. The summed E-state index contributed by atoms with van der Waals surface area (Å²) in [6.45, 7) is 6.65. The van der Waals surface area contributed by atoms with E-state index in [1.165, 1.54) is 11.1 Å². The lowest BCUT2D eigenvalue weighted by Gasteiger charge is -2.56. The number of hydrogen-bond donors (Lipinski definition) is 1. The van der Waals surface area contributed by atoms with Crippen molar-refractivity contribution < 1.29 is 9.90 Å². The molecule has 0 aliphatic heterocycles. The fourth-order valence-electron chi connectivity index (χ4n) is 6.90. The molecule has 0 saturated heterocycles. The van der Waals surface area contributed by atoms with E-state index in [9.17, 15) is 9.90 Å². The van der Waals surface area contributed by atoms with Crippen LogP contribution in [0.15, 0.2) is 23.8 Å². The van der Waals surface area contributed by atoms with E-state index in [-0.39, 0.29) is 5.41 Å². The smallest absolute Gasteiger partial charge is 0.155 e. The maximum absolute atomic E-state index is 11.8. The van der Waals surface area contributed by atoms with E-state index in [0.29, 0.717) is 35.9 Å². The average Bonchev–Trinajstić information content (AvgIpc) is 2.88. The number of aliphatic hydroxyl groups is 1. The fourth-order valence-corrected chi connectivity index (χ4v) is 6.90. The van der Waals surface area contributed by atoms with Gasteiger partial charge in [-0.1, -0.05) is 30.6 Å². The molecule has 24 heavy (non-hydrogen) atoms. The molecule has 6 atom stereocenters. The molecular weight excluding hydrogens is 296 g/mol. The number of terminal acetylenes is 1. The zero-order valence-electron chi connectivity index (χ0n) is 14.7. The Labute approximate surface area is 145 Å². The maximum atomic E-state index is 11.8. The normalized spacial score (nSPS) is 47.3. The molecule has 0 bridgehead atoms. The zero-order chi connectivity index (χ0) is 17.1. The molecule has 0 aromatic carbocycles. The summed E-state index contributed by atoms with van der Waals surface area (Å²) in [5.74, 6) is 5.13. The van der Waals surface area contributed by atoms with Crippen molar-refractivity contribution in [3.8, 4) is 12.3 Å². The van der Waals surface area contributed by atoms with Crippen LogP contribution in [0.4, 0.5) is 0 Å². The van der Waals surface area contributed by atoms with Crippen molar-refractivity contribution in [2.75, 3.05) is 0 Å². The molecule has 2 nitrogen and oxygen atoms in total. The third-order valence-electron chi connectivity index (χ3n) is 7.94. The van der Waals surface area contributed by atoms with Crippen LogP contribution in [0, 0.1) is 41.4 Å². The number of carbonyl (C=O) groups excluding carboxylic acids is 1. The Morgan fingerprint density at radius 1 is 1.38 bits per heavy atom. The molecule has 0 amide bonds. The van der Waals surface area contributed by atoms with Gasteiger partial charge in [-0.25, -0.2) is 0 Å². The zero-order valence-corrected chi connectivity index (χ0v) is 14.7. The Hall–Kier alpha value is -1.33. The highest BCUT2D eigenvalue weighted by Crippen LogP contribution is 2.67. The molecule has 3 fully saturated rings. The Bertz CT molecular complexity index is 666. The SMILES string of the molecule is C#C[C@]1(O)CC[C@@H]2[C@H]3CCC4=CC(=O)CC[C@H]4[C@H]3C(=C)C[C@@]21CC. The second-order valence-corrected chi connectivity index (χ2v) is 8.55. The van der Waals surface area contributed by atoms with Crippen molar-refractivity contribution >= 4 is 5.78 Å². The van der Waals surface area contributed by atoms with Crippen LogP contribution in [-0.4, -0.2) is 16.5 Å². The first-order valence-corrected chi connectivity index (χ1v) is 9.57. The summed E-state index contributed by atoms with van der Waals surface area (Å²) in [6.07, 6.45) is 15.1. The first kappa shape index (κ1) is 16.2. The molecule has 4 aliphatic carbocycles. The predicted octanol–water partition coefficient (Wildman–Crippen LogP) is 4.05. The van der Waals surface area contributed by atoms with Gasteiger partial charge in [0.1, 0.15) is 5.60 Å². The van der Waals surface area contributed by atoms with Gasteiger partial charge in [0, 0.05) is 11.8 Å². The lowest BCUT2D eigenvalue weighted by atomic mass is 9.48. The van der Waals surface area contributed by atoms with Crippen molar-refractivity contribution in [3.05, 3.63) is 23.8 Å². The molecule has 4 rings (SSSR count). The van der Waals surface area contributed by atoms with Gasteiger partial charge in [0.05, 0.1) is 0 Å². The van der Waals surface area contributed by atoms with E-state index in [4.69, 9.17) is 6.42 Å². The van der Waals surface area contributed by atoms with Gasteiger partial charge in [0.2, 0.25) is 0 Å². The summed E-state index contributed by atoms with van der Waals surface area (Å²) in [4.78, 5) is 11.8. The molecule has 0 aromatic rings. The largest absolute Gasteiger partial charge is 0.377 e. The van der Waals surface area contributed by atoms with Crippen molar-refractivity contribution in [1.29, 1.82) is 0 Å².